The van der Waals surface area contributed by atoms with E-state index in [0.717, 1.165) is 37.8 Å². The van der Waals surface area contributed by atoms with E-state index in [4.69, 9.17) is 5.73 Å². The van der Waals surface area contributed by atoms with E-state index in [0.29, 0.717) is 23.5 Å². The summed E-state index contributed by atoms with van der Waals surface area (Å²) in [6, 6.07) is 1.78. The Morgan fingerprint density at radius 3 is 2.59 bits per heavy atom. The first kappa shape index (κ1) is 16.7. The molecule has 0 aliphatic heterocycles. The molecule has 3 N–H and O–H groups in total. The molecule has 2 atom stereocenters. The van der Waals surface area contributed by atoms with Crippen LogP contribution in [0.1, 0.15) is 50.0 Å². The maximum atomic E-state index is 12.8. The SMILES string of the molecule is Cc1cc(N)n(CC(=O)NC23CC4CC(C2)CC(n2nnc(C)n2)(C4)C3)n1. The molecule has 9 nitrogen and oxygen atoms in total. The zero-order valence-corrected chi connectivity index (χ0v) is 15.9. The van der Waals surface area contributed by atoms with Gasteiger partial charge in [-0.15, -0.1) is 10.2 Å². The fourth-order valence-corrected chi connectivity index (χ4v) is 6.24. The molecule has 2 aromatic heterocycles. The second-order valence-corrected chi connectivity index (χ2v) is 9.01. The summed E-state index contributed by atoms with van der Waals surface area (Å²) in [4.78, 5) is 14.7. The maximum absolute atomic E-state index is 12.8. The van der Waals surface area contributed by atoms with Gasteiger partial charge in [0.2, 0.25) is 5.91 Å². The number of hydrogen-bond acceptors (Lipinski definition) is 6. The third kappa shape index (κ3) is 2.71. The molecule has 9 heteroatoms. The van der Waals surface area contributed by atoms with Crippen molar-refractivity contribution in [3.8, 4) is 0 Å². The first-order valence-electron chi connectivity index (χ1n) is 9.73. The summed E-state index contributed by atoms with van der Waals surface area (Å²) in [6.07, 6.45) is 6.38. The normalized spacial score (nSPS) is 34.1. The summed E-state index contributed by atoms with van der Waals surface area (Å²) in [5.41, 5.74) is 6.47. The predicted molar refractivity (Wildman–Crippen MR) is 97.5 cm³/mol. The Labute approximate surface area is 157 Å². The number of tetrazole rings is 1. The van der Waals surface area contributed by atoms with Crippen LogP contribution in [0.25, 0.3) is 0 Å². The van der Waals surface area contributed by atoms with E-state index in [1.165, 1.54) is 6.42 Å². The number of nitrogens with zero attached hydrogens (tertiary/aromatic N) is 6. The molecule has 144 valence electrons. The number of nitrogen functional groups attached to an aromatic ring is 1. The molecule has 0 aromatic carbocycles. The lowest BCUT2D eigenvalue weighted by Crippen LogP contribution is -2.66. The molecular weight excluding hydrogens is 344 g/mol. The summed E-state index contributed by atoms with van der Waals surface area (Å²) >= 11 is 0. The molecule has 2 heterocycles. The molecule has 4 bridgehead atoms. The second kappa shape index (κ2) is 5.53. The van der Waals surface area contributed by atoms with Gasteiger partial charge < -0.3 is 11.1 Å². The summed E-state index contributed by atoms with van der Waals surface area (Å²) in [5, 5.41) is 20.6. The van der Waals surface area contributed by atoms with Crippen LogP contribution in [0.2, 0.25) is 0 Å². The van der Waals surface area contributed by atoms with Gasteiger partial charge >= 0.3 is 0 Å². The largest absolute Gasteiger partial charge is 0.384 e. The number of hydrogen-bond donors (Lipinski definition) is 2. The lowest BCUT2D eigenvalue weighted by molar-refractivity contribution is -0.132. The van der Waals surface area contributed by atoms with Gasteiger partial charge in [0.15, 0.2) is 5.82 Å². The van der Waals surface area contributed by atoms with Crippen LogP contribution < -0.4 is 11.1 Å². The van der Waals surface area contributed by atoms with Gasteiger partial charge in [-0.05, 0) is 69.4 Å². The Morgan fingerprint density at radius 1 is 1.26 bits per heavy atom. The third-order valence-electron chi connectivity index (χ3n) is 6.60. The van der Waals surface area contributed by atoms with Crippen molar-refractivity contribution >= 4 is 11.7 Å². The van der Waals surface area contributed by atoms with Crippen LogP contribution in [0, 0.1) is 25.7 Å². The first-order chi connectivity index (χ1) is 12.8. The summed E-state index contributed by atoms with van der Waals surface area (Å²) in [6.45, 7) is 3.91. The van der Waals surface area contributed by atoms with E-state index in [9.17, 15) is 4.79 Å². The monoisotopic (exact) mass is 370 g/mol. The fraction of sp³-hybridized carbons (Fsp3) is 0.722. The Kier molecular flexibility index (Phi) is 3.42. The van der Waals surface area contributed by atoms with Crippen LogP contribution in [0.4, 0.5) is 5.82 Å². The number of anilines is 1. The van der Waals surface area contributed by atoms with Gasteiger partial charge in [-0.1, -0.05) is 0 Å². The molecule has 27 heavy (non-hydrogen) atoms. The fourth-order valence-electron chi connectivity index (χ4n) is 6.24. The second-order valence-electron chi connectivity index (χ2n) is 9.01. The van der Waals surface area contributed by atoms with E-state index >= 15 is 0 Å². The Balaban J connectivity index is 1.39. The molecule has 4 fully saturated rings. The average Bonchev–Trinajstić information content (AvgIpc) is 3.11. The van der Waals surface area contributed by atoms with Crippen LogP contribution in [-0.2, 0) is 16.9 Å². The molecule has 0 saturated heterocycles. The van der Waals surface area contributed by atoms with Gasteiger partial charge in [-0.2, -0.15) is 9.90 Å². The van der Waals surface area contributed by atoms with E-state index in [2.05, 4.69) is 25.8 Å². The van der Waals surface area contributed by atoms with Gasteiger partial charge in [0, 0.05) is 11.6 Å². The molecule has 4 saturated carbocycles. The number of carbonyl (C=O) groups excluding carboxylic acids is 1. The molecular formula is C18H26N8O. The summed E-state index contributed by atoms with van der Waals surface area (Å²) in [7, 11) is 0. The summed E-state index contributed by atoms with van der Waals surface area (Å²) in [5.74, 6) is 2.41. The number of rotatable bonds is 4. The topological polar surface area (TPSA) is 117 Å². The number of aromatic nitrogens is 6. The number of aryl methyl sites for hydroxylation is 2. The molecule has 2 unspecified atom stereocenters. The number of amides is 1. The molecule has 0 radical (unpaired) electrons. The quantitative estimate of drug-likeness (QED) is 0.827. The average molecular weight is 370 g/mol. The van der Waals surface area contributed by atoms with Gasteiger partial charge in [-0.3, -0.25) is 4.79 Å². The molecule has 4 aliphatic rings. The minimum Gasteiger partial charge on any atom is -0.384 e. The van der Waals surface area contributed by atoms with Gasteiger partial charge in [0.25, 0.3) is 0 Å². The van der Waals surface area contributed by atoms with E-state index < -0.39 is 0 Å². The van der Waals surface area contributed by atoms with Crippen molar-refractivity contribution in [1.29, 1.82) is 0 Å². The molecule has 6 rings (SSSR count). The van der Waals surface area contributed by atoms with Crippen molar-refractivity contribution in [3.63, 3.8) is 0 Å². The highest BCUT2D eigenvalue weighted by molar-refractivity contribution is 5.77. The van der Waals surface area contributed by atoms with Gasteiger partial charge in [-0.25, -0.2) is 4.68 Å². The van der Waals surface area contributed by atoms with Gasteiger partial charge in [0.1, 0.15) is 12.4 Å². The zero-order chi connectivity index (χ0) is 18.8. The van der Waals surface area contributed by atoms with Crippen molar-refractivity contribution < 1.29 is 4.79 Å². The van der Waals surface area contributed by atoms with Crippen molar-refractivity contribution in [3.05, 3.63) is 17.6 Å². The molecule has 4 aliphatic carbocycles. The Bertz CT molecular complexity index is 885. The number of nitrogens with one attached hydrogen (secondary N) is 1. The first-order valence-corrected chi connectivity index (χ1v) is 9.73. The highest BCUT2D eigenvalue weighted by atomic mass is 16.2. The smallest absolute Gasteiger partial charge is 0.242 e. The number of carbonyl (C=O) groups is 1. The van der Waals surface area contributed by atoms with Crippen LogP contribution in [0.5, 0.6) is 0 Å². The Morgan fingerprint density at radius 2 is 2.00 bits per heavy atom. The highest BCUT2D eigenvalue weighted by Crippen LogP contribution is 2.60. The summed E-state index contributed by atoms with van der Waals surface area (Å²) < 4.78 is 1.57. The van der Waals surface area contributed by atoms with Crippen LogP contribution in [-0.4, -0.2) is 41.4 Å². The van der Waals surface area contributed by atoms with Crippen molar-refractivity contribution in [2.45, 2.75) is 70.0 Å². The molecule has 2 aromatic rings. The minimum atomic E-state index is -0.181. The zero-order valence-electron chi connectivity index (χ0n) is 15.9. The van der Waals surface area contributed by atoms with E-state index in [-0.39, 0.29) is 23.5 Å². The number of nitrogens with two attached hydrogens (primary N) is 1. The Hall–Kier alpha value is -2.45. The van der Waals surface area contributed by atoms with Crippen LogP contribution in [0.15, 0.2) is 6.07 Å². The van der Waals surface area contributed by atoms with Crippen LogP contribution >= 0.6 is 0 Å². The van der Waals surface area contributed by atoms with E-state index in [1.54, 1.807) is 10.7 Å². The predicted octanol–water partition coefficient (Wildman–Crippen LogP) is 0.933. The van der Waals surface area contributed by atoms with Crippen molar-refractivity contribution in [1.82, 2.24) is 35.3 Å². The molecule has 1 amide bonds. The van der Waals surface area contributed by atoms with Crippen molar-refractivity contribution in [2.24, 2.45) is 11.8 Å². The molecule has 0 spiro atoms. The lowest BCUT2D eigenvalue weighted by atomic mass is 9.50. The van der Waals surface area contributed by atoms with Crippen molar-refractivity contribution in [2.75, 3.05) is 5.73 Å². The van der Waals surface area contributed by atoms with Crippen LogP contribution in [0.3, 0.4) is 0 Å². The third-order valence-corrected chi connectivity index (χ3v) is 6.60. The standard InChI is InChI=1S/C18H26N8O/c1-11-3-15(19)25(22-11)9-16(27)20-17-5-13-4-14(6-17)8-18(7-13,10-17)26-23-12(2)21-24-26/h3,13-14H,4-10,19H2,1-2H3,(H,20,27). The van der Waals surface area contributed by atoms with Gasteiger partial charge in [0.05, 0.1) is 11.2 Å². The maximum Gasteiger partial charge on any atom is 0.242 e. The highest BCUT2D eigenvalue weighted by Gasteiger charge is 2.60. The lowest BCUT2D eigenvalue weighted by Gasteiger charge is -2.61. The van der Waals surface area contributed by atoms with E-state index in [1.807, 2.05) is 18.6 Å². The minimum absolute atomic E-state index is 0.0235.